The van der Waals surface area contributed by atoms with Gasteiger partial charge in [-0.3, -0.25) is 4.79 Å². The van der Waals surface area contributed by atoms with Crippen LogP contribution >= 0.6 is 0 Å². The van der Waals surface area contributed by atoms with Crippen molar-refractivity contribution in [3.05, 3.63) is 59.2 Å². The summed E-state index contributed by atoms with van der Waals surface area (Å²) in [5.41, 5.74) is 8.65. The number of rotatable bonds is 3. The van der Waals surface area contributed by atoms with Crippen LogP contribution in [-0.2, 0) is 0 Å². The van der Waals surface area contributed by atoms with Crippen LogP contribution in [0.5, 0.6) is 5.75 Å². The van der Waals surface area contributed by atoms with Gasteiger partial charge in [0.1, 0.15) is 5.75 Å². The molecular weight excluding hydrogens is 264 g/mol. The van der Waals surface area contributed by atoms with E-state index in [4.69, 9.17) is 5.73 Å². The zero-order chi connectivity index (χ0) is 15.6. The maximum Gasteiger partial charge on any atom is 0.254 e. The molecule has 0 bridgehead atoms. The van der Waals surface area contributed by atoms with Crippen molar-refractivity contribution in [3.63, 3.8) is 0 Å². The topological polar surface area (TPSA) is 66.6 Å². The summed E-state index contributed by atoms with van der Waals surface area (Å²) in [5, 5.41) is 9.74. The van der Waals surface area contributed by atoms with Crippen LogP contribution in [0.25, 0.3) is 0 Å². The molecule has 2 aromatic rings. The van der Waals surface area contributed by atoms with E-state index in [0.29, 0.717) is 11.3 Å². The fourth-order valence-corrected chi connectivity index (χ4v) is 2.16. The molecule has 1 atom stereocenters. The molecule has 1 unspecified atom stereocenters. The van der Waals surface area contributed by atoms with Gasteiger partial charge in [0.2, 0.25) is 0 Å². The van der Waals surface area contributed by atoms with Crippen molar-refractivity contribution >= 4 is 11.6 Å². The lowest BCUT2D eigenvalue weighted by Crippen LogP contribution is -2.29. The van der Waals surface area contributed by atoms with E-state index in [2.05, 4.69) is 0 Å². The Balaban J connectivity index is 2.24. The van der Waals surface area contributed by atoms with E-state index in [1.165, 1.54) is 6.07 Å². The summed E-state index contributed by atoms with van der Waals surface area (Å²) in [5.74, 6) is -0.00826. The summed E-state index contributed by atoms with van der Waals surface area (Å²) in [4.78, 5) is 14.1. The highest BCUT2D eigenvalue weighted by atomic mass is 16.3. The van der Waals surface area contributed by atoms with Crippen LogP contribution in [0.2, 0.25) is 0 Å². The Morgan fingerprint density at radius 2 is 1.95 bits per heavy atom. The molecule has 0 heterocycles. The molecule has 4 heteroatoms. The largest absolute Gasteiger partial charge is 0.508 e. The van der Waals surface area contributed by atoms with Gasteiger partial charge in [-0.2, -0.15) is 0 Å². The van der Waals surface area contributed by atoms with Crippen LogP contribution in [-0.4, -0.2) is 23.0 Å². The Morgan fingerprint density at radius 1 is 1.24 bits per heavy atom. The van der Waals surface area contributed by atoms with Crippen molar-refractivity contribution in [2.45, 2.75) is 19.9 Å². The van der Waals surface area contributed by atoms with E-state index < -0.39 is 0 Å². The summed E-state index contributed by atoms with van der Waals surface area (Å²) < 4.78 is 0. The molecule has 0 aliphatic carbocycles. The van der Waals surface area contributed by atoms with Gasteiger partial charge >= 0.3 is 0 Å². The molecule has 110 valence electrons. The highest BCUT2D eigenvalue weighted by Gasteiger charge is 2.19. The van der Waals surface area contributed by atoms with Crippen molar-refractivity contribution in [1.82, 2.24) is 4.90 Å². The molecule has 0 spiro atoms. The molecule has 0 saturated carbocycles. The maximum atomic E-state index is 12.5. The Hall–Kier alpha value is -2.49. The van der Waals surface area contributed by atoms with E-state index in [1.807, 2.05) is 31.2 Å². The lowest BCUT2D eigenvalue weighted by atomic mass is 10.0. The number of aryl methyl sites for hydroxylation is 1. The molecule has 0 aliphatic rings. The van der Waals surface area contributed by atoms with Gasteiger partial charge in [0.25, 0.3) is 5.91 Å². The van der Waals surface area contributed by atoms with E-state index >= 15 is 0 Å². The van der Waals surface area contributed by atoms with Gasteiger partial charge < -0.3 is 15.7 Å². The first kappa shape index (κ1) is 14.9. The summed E-state index contributed by atoms with van der Waals surface area (Å²) in [6.45, 7) is 3.74. The summed E-state index contributed by atoms with van der Waals surface area (Å²) in [6, 6.07) is 12.3. The van der Waals surface area contributed by atoms with Crippen LogP contribution in [0.15, 0.2) is 42.5 Å². The fraction of sp³-hybridized carbons (Fsp3) is 0.235. The van der Waals surface area contributed by atoms with Crippen molar-refractivity contribution in [2.75, 3.05) is 12.8 Å². The monoisotopic (exact) mass is 284 g/mol. The van der Waals surface area contributed by atoms with Crippen molar-refractivity contribution in [3.8, 4) is 5.75 Å². The Labute approximate surface area is 124 Å². The van der Waals surface area contributed by atoms with Crippen LogP contribution in [0.3, 0.4) is 0 Å². The van der Waals surface area contributed by atoms with Crippen LogP contribution in [0, 0.1) is 6.92 Å². The second kappa shape index (κ2) is 5.87. The molecule has 1 amide bonds. The average Bonchev–Trinajstić information content (AvgIpc) is 2.47. The zero-order valence-electron chi connectivity index (χ0n) is 12.5. The number of benzene rings is 2. The summed E-state index contributed by atoms with van der Waals surface area (Å²) in [6.07, 6.45) is 0. The Morgan fingerprint density at radius 3 is 2.57 bits per heavy atom. The first-order valence-corrected chi connectivity index (χ1v) is 6.82. The predicted molar refractivity (Wildman–Crippen MR) is 84.2 cm³/mol. The number of hydrogen-bond donors (Lipinski definition) is 2. The first-order chi connectivity index (χ1) is 9.90. The molecule has 2 aromatic carbocycles. The third-order valence-electron chi connectivity index (χ3n) is 3.75. The molecule has 21 heavy (non-hydrogen) atoms. The summed E-state index contributed by atoms with van der Waals surface area (Å²) >= 11 is 0. The van der Waals surface area contributed by atoms with Gasteiger partial charge in [-0.1, -0.05) is 18.2 Å². The number of nitrogens with two attached hydrogens (primary N) is 1. The van der Waals surface area contributed by atoms with Gasteiger partial charge in [-0.15, -0.1) is 0 Å². The fourth-order valence-electron chi connectivity index (χ4n) is 2.16. The predicted octanol–water partition coefficient (Wildman–Crippen LogP) is 3.12. The van der Waals surface area contributed by atoms with E-state index in [1.54, 1.807) is 31.0 Å². The third-order valence-corrected chi connectivity index (χ3v) is 3.75. The first-order valence-electron chi connectivity index (χ1n) is 6.82. The molecule has 4 nitrogen and oxygen atoms in total. The van der Waals surface area contributed by atoms with Gasteiger partial charge in [0.15, 0.2) is 0 Å². The summed E-state index contributed by atoms with van der Waals surface area (Å²) in [7, 11) is 1.74. The average molecular weight is 284 g/mol. The van der Waals surface area contributed by atoms with Gasteiger partial charge in [0.05, 0.1) is 6.04 Å². The number of aromatic hydroxyl groups is 1. The second-order valence-corrected chi connectivity index (χ2v) is 5.26. The highest BCUT2D eigenvalue weighted by Crippen LogP contribution is 2.24. The van der Waals surface area contributed by atoms with Gasteiger partial charge in [-0.25, -0.2) is 0 Å². The number of carbonyl (C=O) groups excluding carboxylic acids is 1. The molecular formula is C17H20N2O2. The molecule has 0 fully saturated rings. The maximum absolute atomic E-state index is 12.5. The molecule has 0 aliphatic heterocycles. The number of phenolic OH excluding ortho intramolecular Hbond substituents is 1. The SMILES string of the molecule is Cc1ccc(C(=O)N(C)C(C)c2cccc(N)c2)cc1O. The number of hydrogen-bond acceptors (Lipinski definition) is 3. The molecule has 0 radical (unpaired) electrons. The number of nitrogen functional groups attached to an aromatic ring is 1. The van der Waals surface area contributed by atoms with Gasteiger partial charge in [-0.05, 0) is 49.2 Å². The number of nitrogens with zero attached hydrogens (tertiary/aromatic N) is 1. The number of anilines is 1. The Kier molecular flexibility index (Phi) is 4.17. The minimum Gasteiger partial charge on any atom is -0.508 e. The lowest BCUT2D eigenvalue weighted by molar-refractivity contribution is 0.0742. The standard InChI is InChI=1S/C17H20N2O2/c1-11-7-8-14(10-16(11)20)17(21)19(3)12(2)13-5-4-6-15(18)9-13/h4-10,12,20H,18H2,1-3H3. The quantitative estimate of drug-likeness (QED) is 0.851. The molecule has 3 N–H and O–H groups in total. The molecule has 2 rings (SSSR count). The number of carbonyl (C=O) groups is 1. The minimum absolute atomic E-state index is 0.107. The molecule has 0 saturated heterocycles. The van der Waals surface area contributed by atoms with Crippen molar-refractivity contribution < 1.29 is 9.90 Å². The van der Waals surface area contributed by atoms with Gasteiger partial charge in [0, 0.05) is 18.3 Å². The number of amides is 1. The minimum atomic E-state index is -0.139. The highest BCUT2D eigenvalue weighted by molar-refractivity contribution is 5.94. The van der Waals surface area contributed by atoms with Crippen LogP contribution in [0.1, 0.15) is 34.5 Å². The van der Waals surface area contributed by atoms with Crippen LogP contribution < -0.4 is 5.73 Å². The third kappa shape index (κ3) is 3.16. The smallest absolute Gasteiger partial charge is 0.254 e. The lowest BCUT2D eigenvalue weighted by Gasteiger charge is -2.25. The molecule has 0 aromatic heterocycles. The van der Waals surface area contributed by atoms with E-state index in [-0.39, 0.29) is 17.7 Å². The van der Waals surface area contributed by atoms with Crippen LogP contribution in [0.4, 0.5) is 5.69 Å². The Bertz CT molecular complexity index is 668. The number of phenols is 1. The van der Waals surface area contributed by atoms with Crippen molar-refractivity contribution in [1.29, 1.82) is 0 Å². The normalized spacial score (nSPS) is 12.0. The van der Waals surface area contributed by atoms with E-state index in [9.17, 15) is 9.90 Å². The zero-order valence-corrected chi connectivity index (χ0v) is 12.5. The second-order valence-electron chi connectivity index (χ2n) is 5.26. The van der Waals surface area contributed by atoms with Crippen molar-refractivity contribution in [2.24, 2.45) is 0 Å². The van der Waals surface area contributed by atoms with E-state index in [0.717, 1.165) is 11.1 Å².